The second kappa shape index (κ2) is 8.10. The Balaban J connectivity index is 1.36. The molecule has 1 amide bonds. The lowest BCUT2D eigenvalue weighted by Crippen LogP contribution is -2.43. The summed E-state index contributed by atoms with van der Waals surface area (Å²) in [6.45, 7) is 2.02. The van der Waals surface area contributed by atoms with Gasteiger partial charge in [0.25, 0.3) is 5.91 Å². The monoisotopic (exact) mass is 417 g/mol. The van der Waals surface area contributed by atoms with E-state index >= 15 is 0 Å². The highest BCUT2D eigenvalue weighted by Gasteiger charge is 2.27. The molecule has 2 aliphatic rings. The van der Waals surface area contributed by atoms with Crippen molar-refractivity contribution in [2.24, 2.45) is 0 Å². The van der Waals surface area contributed by atoms with Gasteiger partial charge in [-0.3, -0.25) is 4.79 Å². The van der Waals surface area contributed by atoms with E-state index in [4.69, 9.17) is 0 Å². The van der Waals surface area contributed by atoms with E-state index in [9.17, 15) is 17.6 Å². The van der Waals surface area contributed by atoms with Crippen molar-refractivity contribution in [2.45, 2.75) is 18.8 Å². The first-order valence-corrected chi connectivity index (χ1v) is 11.7. The standard InChI is InChI=1S/C21H24FN3O3S/c22-19-4-2-1-3-18(19)16-7-9-24(10-8-16)20-6-5-17(15-23-20)21(26)25-11-13-29(27,28)14-12-25/h1-6,15-16H,7-14H2. The first-order chi connectivity index (χ1) is 13.9. The molecule has 0 saturated carbocycles. The van der Waals surface area contributed by atoms with E-state index < -0.39 is 9.84 Å². The Labute approximate surface area is 170 Å². The van der Waals surface area contributed by atoms with Crippen LogP contribution >= 0.6 is 0 Å². The topological polar surface area (TPSA) is 70.6 Å². The lowest BCUT2D eigenvalue weighted by molar-refractivity contribution is 0.0770. The number of amides is 1. The average Bonchev–Trinajstić information content (AvgIpc) is 2.74. The number of halogens is 1. The molecule has 2 saturated heterocycles. The van der Waals surface area contributed by atoms with E-state index in [1.807, 2.05) is 18.2 Å². The first kappa shape index (κ1) is 19.8. The van der Waals surface area contributed by atoms with Gasteiger partial charge in [0.1, 0.15) is 11.6 Å². The summed E-state index contributed by atoms with van der Waals surface area (Å²) in [4.78, 5) is 20.7. The second-order valence-electron chi connectivity index (χ2n) is 7.63. The zero-order chi connectivity index (χ0) is 20.4. The van der Waals surface area contributed by atoms with Crippen molar-refractivity contribution in [3.05, 3.63) is 59.5 Å². The van der Waals surface area contributed by atoms with Crippen LogP contribution in [-0.2, 0) is 9.84 Å². The summed E-state index contributed by atoms with van der Waals surface area (Å²) in [6, 6.07) is 10.5. The van der Waals surface area contributed by atoms with E-state index in [-0.39, 0.29) is 42.2 Å². The number of anilines is 1. The molecule has 0 bridgehead atoms. The number of pyridine rings is 1. The highest BCUT2D eigenvalue weighted by Crippen LogP contribution is 2.31. The van der Waals surface area contributed by atoms with Gasteiger partial charge in [-0.25, -0.2) is 17.8 Å². The zero-order valence-electron chi connectivity index (χ0n) is 16.1. The van der Waals surface area contributed by atoms with Gasteiger partial charge in [0.15, 0.2) is 9.84 Å². The number of sulfone groups is 1. The molecule has 2 aliphatic heterocycles. The minimum absolute atomic E-state index is 0.0151. The SMILES string of the molecule is O=C(c1ccc(N2CCC(c3ccccc3F)CC2)nc1)N1CCS(=O)(=O)CC1. The van der Waals surface area contributed by atoms with Gasteiger partial charge >= 0.3 is 0 Å². The third kappa shape index (κ3) is 4.42. The Hall–Kier alpha value is -2.48. The minimum atomic E-state index is -3.02. The normalized spacial score (nSPS) is 19.9. The molecule has 0 unspecified atom stereocenters. The fourth-order valence-electron chi connectivity index (χ4n) is 4.02. The number of carbonyl (C=O) groups excluding carboxylic acids is 1. The zero-order valence-corrected chi connectivity index (χ0v) is 16.9. The van der Waals surface area contributed by atoms with Gasteiger partial charge in [-0.2, -0.15) is 0 Å². The van der Waals surface area contributed by atoms with Crippen molar-refractivity contribution in [1.82, 2.24) is 9.88 Å². The van der Waals surface area contributed by atoms with Crippen LogP contribution in [0.5, 0.6) is 0 Å². The number of nitrogens with zero attached hydrogens (tertiary/aromatic N) is 3. The first-order valence-electron chi connectivity index (χ1n) is 9.88. The molecule has 4 rings (SSSR count). The number of benzene rings is 1. The summed E-state index contributed by atoms with van der Waals surface area (Å²) in [7, 11) is -3.02. The Morgan fingerprint density at radius 1 is 1.00 bits per heavy atom. The summed E-state index contributed by atoms with van der Waals surface area (Å²) in [6.07, 6.45) is 3.26. The predicted octanol–water partition coefficient (Wildman–Crippen LogP) is 2.48. The van der Waals surface area contributed by atoms with Crippen LogP contribution in [-0.4, -0.2) is 61.9 Å². The quantitative estimate of drug-likeness (QED) is 0.767. The maximum Gasteiger partial charge on any atom is 0.255 e. The fraction of sp³-hybridized carbons (Fsp3) is 0.429. The number of hydrogen-bond acceptors (Lipinski definition) is 5. The Kier molecular flexibility index (Phi) is 5.54. The number of aromatic nitrogens is 1. The van der Waals surface area contributed by atoms with Crippen molar-refractivity contribution in [2.75, 3.05) is 42.6 Å². The smallest absolute Gasteiger partial charge is 0.255 e. The highest BCUT2D eigenvalue weighted by molar-refractivity contribution is 7.91. The lowest BCUT2D eigenvalue weighted by Gasteiger charge is -2.33. The number of hydrogen-bond donors (Lipinski definition) is 0. The van der Waals surface area contributed by atoms with Gasteiger partial charge in [0.05, 0.1) is 17.1 Å². The van der Waals surface area contributed by atoms with Gasteiger partial charge in [-0.1, -0.05) is 18.2 Å². The molecular weight excluding hydrogens is 393 g/mol. The second-order valence-corrected chi connectivity index (χ2v) is 9.94. The lowest BCUT2D eigenvalue weighted by atomic mass is 9.89. The van der Waals surface area contributed by atoms with Crippen molar-refractivity contribution in [1.29, 1.82) is 0 Å². The Bertz CT molecular complexity index is 972. The van der Waals surface area contributed by atoms with Gasteiger partial charge in [-0.15, -0.1) is 0 Å². The highest BCUT2D eigenvalue weighted by atomic mass is 32.2. The molecular formula is C21H24FN3O3S. The summed E-state index contributed by atoms with van der Waals surface area (Å²) < 4.78 is 37.1. The molecule has 0 aliphatic carbocycles. The fourth-order valence-corrected chi connectivity index (χ4v) is 5.22. The van der Waals surface area contributed by atoms with E-state index in [0.29, 0.717) is 5.56 Å². The average molecular weight is 418 g/mol. The third-order valence-electron chi connectivity index (χ3n) is 5.79. The number of piperidine rings is 1. The Morgan fingerprint density at radius 2 is 1.69 bits per heavy atom. The molecule has 3 heterocycles. The summed E-state index contributed by atoms with van der Waals surface area (Å²) in [5.74, 6) is 0.718. The largest absolute Gasteiger partial charge is 0.357 e. The van der Waals surface area contributed by atoms with Crippen molar-refractivity contribution in [3.63, 3.8) is 0 Å². The van der Waals surface area contributed by atoms with Crippen LogP contribution in [0, 0.1) is 5.82 Å². The number of rotatable bonds is 3. The van der Waals surface area contributed by atoms with Crippen molar-refractivity contribution < 1.29 is 17.6 Å². The van der Waals surface area contributed by atoms with E-state index in [1.54, 1.807) is 23.2 Å². The molecule has 1 aromatic heterocycles. The molecule has 154 valence electrons. The van der Waals surface area contributed by atoms with E-state index in [2.05, 4.69) is 9.88 Å². The maximum atomic E-state index is 14.0. The minimum Gasteiger partial charge on any atom is -0.357 e. The van der Waals surface area contributed by atoms with E-state index in [0.717, 1.165) is 37.3 Å². The third-order valence-corrected chi connectivity index (χ3v) is 7.40. The molecule has 6 nitrogen and oxygen atoms in total. The molecule has 0 atom stereocenters. The van der Waals surface area contributed by atoms with Gasteiger partial charge in [0.2, 0.25) is 0 Å². The van der Waals surface area contributed by atoms with Gasteiger partial charge < -0.3 is 9.80 Å². The van der Waals surface area contributed by atoms with Crippen molar-refractivity contribution >= 4 is 21.6 Å². The van der Waals surface area contributed by atoms with Crippen LogP contribution in [0.4, 0.5) is 10.2 Å². The van der Waals surface area contributed by atoms with Gasteiger partial charge in [-0.05, 0) is 42.5 Å². The molecule has 8 heteroatoms. The molecule has 2 fully saturated rings. The van der Waals surface area contributed by atoms with Crippen LogP contribution < -0.4 is 4.90 Å². The Morgan fingerprint density at radius 3 is 2.31 bits per heavy atom. The molecule has 0 spiro atoms. The van der Waals surface area contributed by atoms with Gasteiger partial charge in [0, 0.05) is 32.4 Å². The van der Waals surface area contributed by atoms with Crippen molar-refractivity contribution in [3.8, 4) is 0 Å². The molecule has 0 radical (unpaired) electrons. The van der Waals surface area contributed by atoms with Crippen LogP contribution in [0.2, 0.25) is 0 Å². The molecule has 0 N–H and O–H groups in total. The molecule has 1 aromatic carbocycles. The maximum absolute atomic E-state index is 14.0. The van der Waals surface area contributed by atoms with Crippen LogP contribution in [0.15, 0.2) is 42.6 Å². The summed E-state index contributed by atoms with van der Waals surface area (Å²) in [5, 5.41) is 0. The molecule has 29 heavy (non-hydrogen) atoms. The predicted molar refractivity (Wildman–Crippen MR) is 109 cm³/mol. The van der Waals surface area contributed by atoms with Crippen LogP contribution in [0.25, 0.3) is 0 Å². The molecule has 2 aromatic rings. The van der Waals surface area contributed by atoms with E-state index in [1.165, 1.54) is 6.07 Å². The van der Waals surface area contributed by atoms with Crippen LogP contribution in [0.1, 0.15) is 34.7 Å². The summed E-state index contributed by atoms with van der Waals surface area (Å²) >= 11 is 0. The van der Waals surface area contributed by atoms with Crippen LogP contribution in [0.3, 0.4) is 0 Å². The summed E-state index contributed by atoms with van der Waals surface area (Å²) in [5.41, 5.74) is 1.25. The number of carbonyl (C=O) groups is 1.